The van der Waals surface area contributed by atoms with Gasteiger partial charge in [0, 0.05) is 36.2 Å². The number of benzene rings is 1. The topological polar surface area (TPSA) is 33.3 Å². The average molecular weight is 327 g/mol. The number of nitrogens with one attached hydrogen (secondary N) is 2. The molecule has 2 rings (SSSR count). The van der Waals surface area contributed by atoms with Crippen LogP contribution in [0.15, 0.2) is 4.47 Å². The Morgan fingerprint density at radius 2 is 1.89 bits per heavy atom. The zero-order valence-electron chi connectivity index (χ0n) is 12.2. The third-order valence-electron chi connectivity index (χ3n) is 4.09. The zero-order valence-corrected chi connectivity index (χ0v) is 13.8. The van der Waals surface area contributed by atoms with Crippen molar-refractivity contribution in [3.63, 3.8) is 0 Å². The van der Waals surface area contributed by atoms with Crippen LogP contribution in [0.2, 0.25) is 0 Å². The van der Waals surface area contributed by atoms with Gasteiger partial charge in [-0.1, -0.05) is 15.9 Å². The maximum Gasteiger partial charge on any atom is 0.126 e. The molecule has 0 atom stereocenters. The van der Waals surface area contributed by atoms with E-state index in [1.807, 2.05) is 0 Å². The number of hydrogen-bond acceptors (Lipinski definition) is 3. The minimum atomic E-state index is 0.779. The molecule has 1 aliphatic rings. The molecule has 3 nitrogen and oxygen atoms in total. The van der Waals surface area contributed by atoms with E-state index in [0.717, 1.165) is 37.8 Å². The summed E-state index contributed by atoms with van der Waals surface area (Å²) in [6.07, 6.45) is 0. The summed E-state index contributed by atoms with van der Waals surface area (Å²) in [6.45, 7) is 10.6. The van der Waals surface area contributed by atoms with Crippen LogP contribution in [0.4, 0.5) is 0 Å². The summed E-state index contributed by atoms with van der Waals surface area (Å²) in [4.78, 5) is 0. The lowest BCUT2D eigenvalue weighted by molar-refractivity contribution is 0.329. The Labute approximate surface area is 124 Å². The maximum absolute atomic E-state index is 5.62. The third kappa shape index (κ3) is 2.96. The van der Waals surface area contributed by atoms with Crippen molar-refractivity contribution < 1.29 is 4.74 Å². The lowest BCUT2D eigenvalue weighted by atomic mass is 9.98. The second-order valence-electron chi connectivity index (χ2n) is 5.36. The normalized spacial score (nSPS) is 15.4. The average Bonchev–Trinajstić information content (AvgIpc) is 2.35. The van der Waals surface area contributed by atoms with Crippen molar-refractivity contribution in [3.05, 3.63) is 26.7 Å². The van der Waals surface area contributed by atoms with Crippen LogP contribution in [-0.2, 0) is 6.54 Å². The van der Waals surface area contributed by atoms with Crippen molar-refractivity contribution in [1.29, 1.82) is 0 Å². The van der Waals surface area contributed by atoms with E-state index in [-0.39, 0.29) is 0 Å². The van der Waals surface area contributed by atoms with Gasteiger partial charge in [-0.3, -0.25) is 0 Å². The monoisotopic (exact) mass is 326 g/mol. The second kappa shape index (κ2) is 6.25. The molecule has 0 spiro atoms. The van der Waals surface area contributed by atoms with Gasteiger partial charge in [0.15, 0.2) is 0 Å². The van der Waals surface area contributed by atoms with Gasteiger partial charge >= 0.3 is 0 Å². The summed E-state index contributed by atoms with van der Waals surface area (Å²) < 4.78 is 6.82. The molecule has 19 heavy (non-hydrogen) atoms. The Kier molecular flexibility index (Phi) is 4.87. The van der Waals surface area contributed by atoms with Crippen LogP contribution in [0.3, 0.4) is 0 Å². The van der Waals surface area contributed by atoms with E-state index in [4.69, 9.17) is 4.74 Å². The minimum Gasteiger partial charge on any atom is -0.496 e. The van der Waals surface area contributed by atoms with E-state index in [1.165, 1.54) is 26.7 Å². The van der Waals surface area contributed by atoms with Gasteiger partial charge in [0.25, 0.3) is 0 Å². The van der Waals surface area contributed by atoms with Crippen molar-refractivity contribution in [2.24, 2.45) is 5.92 Å². The Hall–Kier alpha value is -0.580. The molecule has 1 heterocycles. The molecule has 1 fully saturated rings. The molecule has 0 bridgehead atoms. The van der Waals surface area contributed by atoms with Crippen LogP contribution in [0, 0.1) is 26.7 Å². The maximum atomic E-state index is 5.62. The molecular weight excluding hydrogens is 304 g/mol. The first-order chi connectivity index (χ1) is 9.06. The fourth-order valence-electron chi connectivity index (χ4n) is 2.53. The number of ether oxygens (including phenoxy) is 1. The summed E-state index contributed by atoms with van der Waals surface area (Å²) in [5, 5.41) is 6.85. The number of hydrogen-bond donors (Lipinski definition) is 2. The van der Waals surface area contributed by atoms with Crippen LogP contribution in [0.25, 0.3) is 0 Å². The van der Waals surface area contributed by atoms with Crippen LogP contribution in [-0.4, -0.2) is 26.7 Å². The van der Waals surface area contributed by atoms with Crippen molar-refractivity contribution in [3.8, 4) is 5.75 Å². The molecule has 4 heteroatoms. The number of halogens is 1. The van der Waals surface area contributed by atoms with Crippen molar-refractivity contribution >= 4 is 15.9 Å². The van der Waals surface area contributed by atoms with Crippen molar-refractivity contribution in [2.75, 3.05) is 26.7 Å². The molecule has 0 saturated carbocycles. The first-order valence-electron chi connectivity index (χ1n) is 6.79. The summed E-state index contributed by atoms with van der Waals surface area (Å²) in [5.41, 5.74) is 5.03. The number of methoxy groups -OCH3 is 1. The molecule has 0 amide bonds. The third-order valence-corrected chi connectivity index (χ3v) is 5.28. The van der Waals surface area contributed by atoms with E-state index in [0.29, 0.717) is 0 Å². The first-order valence-corrected chi connectivity index (χ1v) is 7.59. The van der Waals surface area contributed by atoms with E-state index in [2.05, 4.69) is 47.3 Å². The van der Waals surface area contributed by atoms with E-state index in [9.17, 15) is 0 Å². The molecule has 0 radical (unpaired) electrons. The van der Waals surface area contributed by atoms with E-state index >= 15 is 0 Å². The van der Waals surface area contributed by atoms with Gasteiger partial charge in [-0.15, -0.1) is 0 Å². The Balaban J connectivity index is 2.17. The van der Waals surface area contributed by atoms with Gasteiger partial charge in [-0.2, -0.15) is 0 Å². The lowest BCUT2D eigenvalue weighted by Gasteiger charge is -2.27. The molecule has 0 aromatic heterocycles. The molecule has 1 aromatic rings. The predicted octanol–water partition coefficient (Wildman–Crippen LogP) is 2.69. The van der Waals surface area contributed by atoms with E-state index < -0.39 is 0 Å². The Morgan fingerprint density at radius 3 is 2.42 bits per heavy atom. The fourth-order valence-corrected chi connectivity index (χ4v) is 3.07. The predicted molar refractivity (Wildman–Crippen MR) is 83.0 cm³/mol. The van der Waals surface area contributed by atoms with E-state index in [1.54, 1.807) is 7.11 Å². The molecule has 106 valence electrons. The van der Waals surface area contributed by atoms with Crippen LogP contribution in [0.1, 0.15) is 22.3 Å². The highest BCUT2D eigenvalue weighted by Gasteiger charge is 2.18. The summed E-state index contributed by atoms with van der Waals surface area (Å²) >= 11 is 3.70. The summed E-state index contributed by atoms with van der Waals surface area (Å²) in [6, 6.07) is 0. The van der Waals surface area contributed by atoms with Gasteiger partial charge in [-0.05, 0) is 43.4 Å². The Bertz CT molecular complexity index is 470. The SMILES string of the molecule is COc1c(C)c(C)c(Br)c(C)c1CNCC1CNC1. The zero-order chi connectivity index (χ0) is 14.0. The molecule has 2 N–H and O–H groups in total. The Morgan fingerprint density at radius 1 is 1.21 bits per heavy atom. The summed E-state index contributed by atoms with van der Waals surface area (Å²) in [5.74, 6) is 1.80. The molecule has 0 unspecified atom stereocenters. The number of rotatable bonds is 5. The molecule has 1 saturated heterocycles. The molecule has 1 aromatic carbocycles. The van der Waals surface area contributed by atoms with Gasteiger partial charge in [0.1, 0.15) is 5.75 Å². The van der Waals surface area contributed by atoms with Gasteiger partial charge in [0.2, 0.25) is 0 Å². The minimum absolute atomic E-state index is 0.779. The van der Waals surface area contributed by atoms with Crippen molar-refractivity contribution in [1.82, 2.24) is 10.6 Å². The second-order valence-corrected chi connectivity index (χ2v) is 6.15. The molecule has 1 aliphatic heterocycles. The highest BCUT2D eigenvalue weighted by Crippen LogP contribution is 2.35. The smallest absolute Gasteiger partial charge is 0.126 e. The standard InChI is InChI=1S/C15H23BrN2O/c1-9-10(2)15(19-4)13(11(3)14(9)16)8-18-7-12-5-17-6-12/h12,17-18H,5-8H2,1-4H3. The van der Waals surface area contributed by atoms with Gasteiger partial charge < -0.3 is 15.4 Å². The van der Waals surface area contributed by atoms with Gasteiger partial charge in [0.05, 0.1) is 7.11 Å². The largest absolute Gasteiger partial charge is 0.496 e. The van der Waals surface area contributed by atoms with Crippen LogP contribution < -0.4 is 15.4 Å². The summed E-state index contributed by atoms with van der Waals surface area (Å²) in [7, 11) is 1.76. The van der Waals surface area contributed by atoms with Gasteiger partial charge in [-0.25, -0.2) is 0 Å². The van der Waals surface area contributed by atoms with Crippen molar-refractivity contribution in [2.45, 2.75) is 27.3 Å². The lowest BCUT2D eigenvalue weighted by Crippen LogP contribution is -2.47. The highest BCUT2D eigenvalue weighted by molar-refractivity contribution is 9.10. The molecular formula is C15H23BrN2O. The quantitative estimate of drug-likeness (QED) is 0.872. The molecule has 0 aliphatic carbocycles. The fraction of sp³-hybridized carbons (Fsp3) is 0.600. The first kappa shape index (κ1) is 14.8. The van der Waals surface area contributed by atoms with Crippen LogP contribution >= 0.6 is 15.9 Å². The highest BCUT2D eigenvalue weighted by atomic mass is 79.9. The van der Waals surface area contributed by atoms with Crippen LogP contribution in [0.5, 0.6) is 5.75 Å².